The molecule has 1 N–H and O–H groups in total. The third kappa shape index (κ3) is 56.9. The molecule has 398 valence electrons. The lowest BCUT2D eigenvalue weighted by Crippen LogP contribution is -2.28. The van der Waals surface area contributed by atoms with Gasteiger partial charge < -0.3 is 14.6 Å². The second-order valence-electron chi connectivity index (χ2n) is 19.0. The first-order valence-electron chi connectivity index (χ1n) is 29.1. The van der Waals surface area contributed by atoms with Crippen molar-refractivity contribution in [3.8, 4) is 0 Å². The Labute approximate surface area is 433 Å². The predicted molar refractivity (Wildman–Crippen MR) is 306 cm³/mol. The summed E-state index contributed by atoms with van der Waals surface area (Å²) in [5.74, 6) is -0.601. The summed E-state index contributed by atoms with van der Waals surface area (Å²) >= 11 is 0. The second-order valence-corrected chi connectivity index (χ2v) is 19.0. The number of aliphatic hydroxyl groups excluding tert-OH is 1. The van der Waals surface area contributed by atoms with E-state index >= 15 is 0 Å². The maximum Gasteiger partial charge on any atom is 0.306 e. The summed E-state index contributed by atoms with van der Waals surface area (Å²) in [5.41, 5.74) is 0. The van der Waals surface area contributed by atoms with Gasteiger partial charge in [-0.25, -0.2) is 0 Å². The van der Waals surface area contributed by atoms with Gasteiger partial charge in [0.2, 0.25) is 0 Å². The lowest BCUT2D eigenvalue weighted by atomic mass is 10.0. The number of carbonyl (C=O) groups is 2. The summed E-state index contributed by atoms with van der Waals surface area (Å²) < 4.78 is 10.7. The molecule has 0 aromatic carbocycles. The van der Waals surface area contributed by atoms with Crippen LogP contribution in [0.3, 0.4) is 0 Å². The van der Waals surface area contributed by atoms with Crippen LogP contribution in [0.2, 0.25) is 0 Å². The average molecular weight is 970 g/mol. The van der Waals surface area contributed by atoms with E-state index in [1.165, 1.54) is 122 Å². The first kappa shape index (κ1) is 66.3. The molecule has 0 radical (unpaired) electrons. The molecule has 70 heavy (non-hydrogen) atoms. The van der Waals surface area contributed by atoms with Gasteiger partial charge in [-0.2, -0.15) is 0 Å². The number of esters is 2. The molecule has 0 fully saturated rings. The van der Waals surface area contributed by atoms with E-state index < -0.39 is 6.10 Å². The van der Waals surface area contributed by atoms with Gasteiger partial charge >= 0.3 is 11.9 Å². The van der Waals surface area contributed by atoms with E-state index in [2.05, 4.69) is 135 Å². The molecular formula is C65H108O5. The summed E-state index contributed by atoms with van der Waals surface area (Å²) in [6, 6.07) is 0. The summed E-state index contributed by atoms with van der Waals surface area (Å²) in [4.78, 5) is 24.6. The maximum atomic E-state index is 12.3. The topological polar surface area (TPSA) is 72.8 Å². The Morgan fingerprint density at radius 2 is 0.571 bits per heavy atom. The Morgan fingerprint density at radius 3 is 0.857 bits per heavy atom. The van der Waals surface area contributed by atoms with Crippen molar-refractivity contribution in [1.82, 2.24) is 0 Å². The van der Waals surface area contributed by atoms with E-state index in [-0.39, 0.29) is 25.2 Å². The Bertz CT molecular complexity index is 1420. The van der Waals surface area contributed by atoms with Crippen LogP contribution < -0.4 is 0 Å². The monoisotopic (exact) mass is 969 g/mol. The quantitative estimate of drug-likeness (QED) is 0.0374. The Morgan fingerprint density at radius 1 is 0.329 bits per heavy atom. The third-order valence-corrected chi connectivity index (χ3v) is 12.3. The smallest absolute Gasteiger partial charge is 0.306 e. The molecule has 0 aromatic heterocycles. The highest BCUT2D eigenvalue weighted by molar-refractivity contribution is 5.70. The van der Waals surface area contributed by atoms with Crippen molar-refractivity contribution in [3.63, 3.8) is 0 Å². The minimum absolute atomic E-state index is 0.0745. The minimum atomic E-state index is -0.785. The zero-order valence-corrected chi connectivity index (χ0v) is 45.5. The number of hydrogen-bond donors (Lipinski definition) is 1. The number of rotatable bonds is 52. The Kier molecular flexibility index (Phi) is 56.5. The molecule has 1 atom stereocenters. The molecule has 0 rings (SSSR count). The summed E-state index contributed by atoms with van der Waals surface area (Å²) in [6.07, 6.45) is 87.4. The van der Waals surface area contributed by atoms with E-state index in [0.717, 1.165) is 109 Å². The van der Waals surface area contributed by atoms with Gasteiger partial charge in [-0.05, 0) is 103 Å². The number of unbranched alkanes of at least 4 members (excludes halogenated alkanes) is 24. The lowest BCUT2D eigenvalue weighted by molar-refractivity contribution is -0.161. The molecule has 0 heterocycles. The van der Waals surface area contributed by atoms with Crippen molar-refractivity contribution in [2.45, 2.75) is 264 Å². The van der Waals surface area contributed by atoms with Crippen LogP contribution in [0.25, 0.3) is 0 Å². The normalized spacial score (nSPS) is 13.1. The van der Waals surface area contributed by atoms with Crippen LogP contribution in [0.5, 0.6) is 0 Å². The summed E-state index contributed by atoms with van der Waals surface area (Å²) in [6.45, 7) is 3.92. The van der Waals surface area contributed by atoms with Gasteiger partial charge in [-0.15, -0.1) is 0 Å². The molecule has 0 aliphatic heterocycles. The highest BCUT2D eigenvalue weighted by Gasteiger charge is 2.16. The molecule has 0 bridgehead atoms. The van der Waals surface area contributed by atoms with E-state index in [9.17, 15) is 14.7 Å². The molecular weight excluding hydrogens is 861 g/mol. The van der Waals surface area contributed by atoms with Crippen LogP contribution in [-0.4, -0.2) is 36.4 Å². The number of hydrogen-bond acceptors (Lipinski definition) is 5. The minimum Gasteiger partial charge on any atom is -0.462 e. The van der Waals surface area contributed by atoms with Crippen molar-refractivity contribution in [2.24, 2.45) is 0 Å². The van der Waals surface area contributed by atoms with Crippen molar-refractivity contribution < 1.29 is 24.2 Å². The average Bonchev–Trinajstić information content (AvgIpc) is 3.36. The van der Waals surface area contributed by atoms with Crippen molar-refractivity contribution in [2.75, 3.05) is 13.2 Å². The predicted octanol–water partition coefficient (Wildman–Crippen LogP) is 19.9. The number of carbonyl (C=O) groups excluding carboxylic acids is 2. The van der Waals surface area contributed by atoms with Gasteiger partial charge in [0.25, 0.3) is 0 Å². The molecule has 0 saturated carbocycles. The second kappa shape index (κ2) is 59.6. The zero-order chi connectivity index (χ0) is 50.6. The van der Waals surface area contributed by atoms with Gasteiger partial charge in [0.1, 0.15) is 6.61 Å². The van der Waals surface area contributed by atoms with Crippen LogP contribution in [-0.2, 0) is 19.1 Å². The number of aliphatic hydroxyl groups is 1. The molecule has 0 amide bonds. The number of allylic oxidation sites excluding steroid dienone is 20. The van der Waals surface area contributed by atoms with Crippen LogP contribution >= 0.6 is 0 Å². The molecule has 0 aromatic rings. The Hall–Kier alpha value is -3.70. The molecule has 0 spiro atoms. The summed E-state index contributed by atoms with van der Waals surface area (Å²) in [5, 5.41) is 9.67. The van der Waals surface area contributed by atoms with E-state index in [1.807, 2.05) is 0 Å². The van der Waals surface area contributed by atoms with Crippen LogP contribution in [0, 0.1) is 0 Å². The largest absolute Gasteiger partial charge is 0.462 e. The number of ether oxygens (including phenoxy) is 2. The Balaban J connectivity index is 3.53. The fraction of sp³-hybridized carbons (Fsp3) is 0.662. The van der Waals surface area contributed by atoms with Crippen molar-refractivity contribution in [3.05, 3.63) is 122 Å². The van der Waals surface area contributed by atoms with Crippen LogP contribution in [0.15, 0.2) is 122 Å². The van der Waals surface area contributed by atoms with E-state index in [0.29, 0.717) is 12.8 Å². The SMILES string of the molecule is CC/C=C\C/C=C\C/C=C\C/C=C\C/C=C\C/C=C\CCCCCCCCCCC(=O)OC(CO)COC(=O)CCCCCCCCCCCCCCCCCC/C=C\C/C=C\C/C=C\C/C=C\CC. The fourth-order valence-electron chi connectivity index (χ4n) is 7.96. The van der Waals surface area contributed by atoms with E-state index in [1.54, 1.807) is 0 Å². The lowest BCUT2D eigenvalue weighted by Gasteiger charge is -2.15. The molecule has 0 aliphatic rings. The van der Waals surface area contributed by atoms with Gasteiger partial charge in [0.15, 0.2) is 6.10 Å². The molecule has 0 saturated heterocycles. The standard InChI is InChI=1S/C65H108O5/c1-3-5-7-9-11-13-15-17-19-21-23-25-27-29-31-32-34-35-37-39-41-43-45-47-49-51-53-55-57-59-64(67)69-62-63(61-66)70-65(68)60-58-56-54-52-50-48-46-44-42-40-38-36-33-30-28-26-24-22-20-18-16-14-12-10-8-6-4-2/h5-8,11-14,17-20,23-26,30,33,38,40,63,66H,3-4,9-10,15-16,21-22,27-29,31-32,34-37,39,41-62H2,1-2H3/b7-5-,8-6-,13-11-,14-12-,19-17-,20-18-,25-23-,26-24-,33-30-,40-38-. The molecule has 1 unspecified atom stereocenters. The molecule has 5 nitrogen and oxygen atoms in total. The van der Waals surface area contributed by atoms with E-state index in [4.69, 9.17) is 9.47 Å². The first-order valence-corrected chi connectivity index (χ1v) is 29.1. The highest BCUT2D eigenvalue weighted by Crippen LogP contribution is 2.16. The van der Waals surface area contributed by atoms with Gasteiger partial charge in [-0.3, -0.25) is 9.59 Å². The fourth-order valence-corrected chi connectivity index (χ4v) is 7.96. The van der Waals surface area contributed by atoms with Crippen LogP contribution in [0.1, 0.15) is 258 Å². The van der Waals surface area contributed by atoms with Gasteiger partial charge in [0.05, 0.1) is 6.61 Å². The summed E-state index contributed by atoms with van der Waals surface area (Å²) in [7, 11) is 0. The first-order chi connectivity index (χ1) is 34.6. The highest BCUT2D eigenvalue weighted by atomic mass is 16.6. The molecule has 0 aliphatic carbocycles. The maximum absolute atomic E-state index is 12.3. The zero-order valence-electron chi connectivity index (χ0n) is 45.5. The van der Waals surface area contributed by atoms with Gasteiger partial charge in [-0.1, -0.05) is 264 Å². The van der Waals surface area contributed by atoms with Crippen molar-refractivity contribution >= 4 is 11.9 Å². The van der Waals surface area contributed by atoms with Gasteiger partial charge in [0, 0.05) is 12.8 Å². The molecule has 5 heteroatoms. The third-order valence-electron chi connectivity index (χ3n) is 12.3. The van der Waals surface area contributed by atoms with Crippen molar-refractivity contribution in [1.29, 1.82) is 0 Å². The van der Waals surface area contributed by atoms with Crippen LogP contribution in [0.4, 0.5) is 0 Å².